The molecule has 2 unspecified atom stereocenters. The number of nitrogens with zero attached hydrogens (tertiary/aromatic N) is 3. The Morgan fingerprint density at radius 2 is 1.91 bits per heavy atom. The maximum atomic E-state index is 12.9. The van der Waals surface area contributed by atoms with Crippen LogP contribution in [0.2, 0.25) is 5.02 Å². The molecule has 1 aliphatic heterocycles. The van der Waals surface area contributed by atoms with Gasteiger partial charge in [0.2, 0.25) is 0 Å². The molecule has 33 heavy (non-hydrogen) atoms. The second-order valence-electron chi connectivity index (χ2n) is 9.57. The highest BCUT2D eigenvalue weighted by atomic mass is 35.5. The summed E-state index contributed by atoms with van der Waals surface area (Å²) >= 11 is 6.12. The molecule has 1 saturated carbocycles. The normalized spacial score (nSPS) is 22.3. The third kappa shape index (κ3) is 7.51. The molecule has 0 amide bonds. The van der Waals surface area contributed by atoms with Crippen LogP contribution in [0.3, 0.4) is 0 Å². The number of rotatable bonds is 12. The largest absolute Gasteiger partial charge is 0.417 e. The van der Waals surface area contributed by atoms with Crippen LogP contribution in [-0.4, -0.2) is 48.6 Å². The molecule has 1 aliphatic carbocycles. The fourth-order valence-corrected chi connectivity index (χ4v) is 5.10. The first-order chi connectivity index (χ1) is 15.7. The smallest absolute Gasteiger partial charge is 0.386 e. The van der Waals surface area contributed by atoms with Gasteiger partial charge in [-0.1, -0.05) is 57.7 Å². The fourth-order valence-electron chi connectivity index (χ4n) is 4.82. The van der Waals surface area contributed by atoms with E-state index in [0.717, 1.165) is 31.9 Å². The first-order valence-corrected chi connectivity index (χ1v) is 12.8. The van der Waals surface area contributed by atoms with Gasteiger partial charge in [0.1, 0.15) is 5.82 Å². The zero-order valence-electron chi connectivity index (χ0n) is 19.9. The number of nitrogens with one attached hydrogen (secondary N) is 1. The van der Waals surface area contributed by atoms with Crippen molar-refractivity contribution in [3.8, 4) is 0 Å². The van der Waals surface area contributed by atoms with Gasteiger partial charge in [-0.2, -0.15) is 13.2 Å². The molecule has 3 atom stereocenters. The van der Waals surface area contributed by atoms with Crippen LogP contribution < -0.4 is 10.2 Å². The SMILES string of the molecule is C=C(NC(CCC)CCCCC)[C@H]1CC1CN1CCN(c2ncc(C(F)(F)F)cc2Cl)CC1. The second-order valence-corrected chi connectivity index (χ2v) is 9.98. The number of hydrogen-bond acceptors (Lipinski definition) is 4. The van der Waals surface area contributed by atoms with E-state index in [1.54, 1.807) is 0 Å². The number of halogens is 4. The predicted molar refractivity (Wildman–Crippen MR) is 130 cm³/mol. The minimum absolute atomic E-state index is 0.0588. The number of alkyl halides is 3. The molecule has 2 aliphatic rings. The Morgan fingerprint density at radius 3 is 2.52 bits per heavy atom. The molecule has 1 saturated heterocycles. The molecule has 1 aromatic heterocycles. The maximum absolute atomic E-state index is 12.9. The summed E-state index contributed by atoms with van der Waals surface area (Å²) in [6.45, 7) is 13.0. The number of pyridine rings is 1. The summed E-state index contributed by atoms with van der Waals surface area (Å²) in [5.74, 6) is 1.64. The number of anilines is 1. The van der Waals surface area contributed by atoms with Gasteiger partial charge in [0, 0.05) is 56.6 Å². The number of aromatic nitrogens is 1. The van der Waals surface area contributed by atoms with Gasteiger partial charge in [-0.25, -0.2) is 4.98 Å². The predicted octanol–water partition coefficient (Wildman–Crippen LogP) is 6.36. The third-order valence-electron chi connectivity index (χ3n) is 6.87. The number of hydrogen-bond donors (Lipinski definition) is 1. The lowest BCUT2D eigenvalue weighted by molar-refractivity contribution is -0.137. The Balaban J connectivity index is 1.42. The van der Waals surface area contributed by atoms with E-state index in [4.69, 9.17) is 11.6 Å². The summed E-state index contributed by atoms with van der Waals surface area (Å²) < 4.78 is 38.6. The summed E-state index contributed by atoms with van der Waals surface area (Å²) in [7, 11) is 0. The molecular formula is C25H38ClF3N4. The second kappa shape index (κ2) is 11.8. The van der Waals surface area contributed by atoms with E-state index in [0.29, 0.717) is 36.8 Å². The van der Waals surface area contributed by atoms with Gasteiger partial charge in [-0.3, -0.25) is 4.90 Å². The van der Waals surface area contributed by atoms with Crippen LogP contribution >= 0.6 is 11.6 Å². The van der Waals surface area contributed by atoms with Crippen LogP contribution in [0.4, 0.5) is 19.0 Å². The van der Waals surface area contributed by atoms with Crippen molar-refractivity contribution in [3.63, 3.8) is 0 Å². The summed E-state index contributed by atoms with van der Waals surface area (Å²) in [4.78, 5) is 8.43. The molecule has 1 aromatic rings. The van der Waals surface area contributed by atoms with Crippen molar-refractivity contribution in [1.82, 2.24) is 15.2 Å². The quantitative estimate of drug-likeness (QED) is 0.348. The Labute approximate surface area is 201 Å². The molecule has 0 radical (unpaired) electrons. The van der Waals surface area contributed by atoms with E-state index in [-0.39, 0.29) is 5.02 Å². The van der Waals surface area contributed by atoms with Gasteiger partial charge in [-0.05, 0) is 31.2 Å². The molecule has 186 valence electrons. The van der Waals surface area contributed by atoms with E-state index in [9.17, 15) is 13.2 Å². The lowest BCUT2D eigenvalue weighted by atomic mass is 10.0. The highest BCUT2D eigenvalue weighted by molar-refractivity contribution is 6.33. The van der Waals surface area contributed by atoms with Crippen LogP contribution in [0.1, 0.15) is 64.4 Å². The van der Waals surface area contributed by atoms with E-state index in [1.165, 1.54) is 50.6 Å². The molecule has 8 heteroatoms. The number of piperazine rings is 1. The lowest BCUT2D eigenvalue weighted by Crippen LogP contribution is -2.47. The molecule has 0 aromatic carbocycles. The fraction of sp³-hybridized carbons (Fsp3) is 0.720. The van der Waals surface area contributed by atoms with Crippen LogP contribution in [0.25, 0.3) is 0 Å². The monoisotopic (exact) mass is 486 g/mol. The summed E-state index contributed by atoms with van der Waals surface area (Å²) in [6.07, 6.45) is 5.05. The van der Waals surface area contributed by atoms with Crippen LogP contribution in [-0.2, 0) is 6.18 Å². The van der Waals surface area contributed by atoms with Crippen molar-refractivity contribution < 1.29 is 13.2 Å². The highest BCUT2D eigenvalue weighted by Gasteiger charge is 2.41. The first-order valence-electron chi connectivity index (χ1n) is 12.4. The van der Waals surface area contributed by atoms with Crippen molar-refractivity contribution in [2.75, 3.05) is 37.6 Å². The van der Waals surface area contributed by atoms with Gasteiger partial charge in [0.25, 0.3) is 0 Å². The van der Waals surface area contributed by atoms with Gasteiger partial charge in [-0.15, -0.1) is 0 Å². The number of allylic oxidation sites excluding steroid dienone is 1. The maximum Gasteiger partial charge on any atom is 0.417 e. The Hall–Kier alpha value is -1.47. The molecule has 4 nitrogen and oxygen atoms in total. The third-order valence-corrected chi connectivity index (χ3v) is 7.14. The van der Waals surface area contributed by atoms with Crippen molar-refractivity contribution in [2.24, 2.45) is 11.8 Å². The summed E-state index contributed by atoms with van der Waals surface area (Å²) in [6, 6.07) is 1.51. The number of unbranched alkanes of at least 4 members (excludes halogenated alkanes) is 2. The summed E-state index contributed by atoms with van der Waals surface area (Å²) in [5.41, 5.74) is 0.393. The minimum Gasteiger partial charge on any atom is -0.386 e. The Kier molecular flexibility index (Phi) is 9.34. The van der Waals surface area contributed by atoms with Gasteiger partial charge >= 0.3 is 6.18 Å². The van der Waals surface area contributed by atoms with Gasteiger partial charge in [0.15, 0.2) is 0 Å². The lowest BCUT2D eigenvalue weighted by Gasteiger charge is -2.36. The first kappa shape index (κ1) is 26.1. The van der Waals surface area contributed by atoms with Crippen molar-refractivity contribution in [2.45, 2.75) is 71.0 Å². The Bertz CT molecular complexity index is 777. The van der Waals surface area contributed by atoms with Crippen LogP contribution in [0, 0.1) is 11.8 Å². The summed E-state index contributed by atoms with van der Waals surface area (Å²) in [5, 5.41) is 3.79. The zero-order valence-corrected chi connectivity index (χ0v) is 20.7. The Morgan fingerprint density at radius 1 is 1.18 bits per heavy atom. The van der Waals surface area contributed by atoms with Gasteiger partial charge < -0.3 is 10.2 Å². The van der Waals surface area contributed by atoms with E-state index < -0.39 is 11.7 Å². The molecule has 2 heterocycles. The van der Waals surface area contributed by atoms with Crippen LogP contribution in [0.5, 0.6) is 0 Å². The molecule has 3 rings (SSSR count). The molecular weight excluding hydrogens is 449 g/mol. The average molecular weight is 487 g/mol. The van der Waals surface area contributed by atoms with Crippen LogP contribution in [0.15, 0.2) is 24.5 Å². The highest BCUT2D eigenvalue weighted by Crippen LogP contribution is 2.43. The van der Waals surface area contributed by atoms with E-state index in [2.05, 4.69) is 35.6 Å². The molecule has 2 fully saturated rings. The average Bonchev–Trinajstić information content (AvgIpc) is 3.53. The van der Waals surface area contributed by atoms with E-state index >= 15 is 0 Å². The van der Waals surface area contributed by atoms with E-state index in [1.807, 2.05) is 4.90 Å². The molecule has 0 spiro atoms. The standard InChI is InChI=1S/C25H38ClF3N4/c1-4-6-7-9-21(8-5-2)31-18(3)22-14-19(22)17-32-10-12-33(13-11-32)24-23(26)15-20(16-30-24)25(27,28)29/h15-16,19,21-22,31H,3-14,17H2,1-2H3/t19?,21?,22-/m1/s1. The minimum atomic E-state index is -4.43. The van der Waals surface area contributed by atoms with Gasteiger partial charge in [0.05, 0.1) is 10.6 Å². The topological polar surface area (TPSA) is 31.4 Å². The molecule has 0 bridgehead atoms. The van der Waals surface area contributed by atoms with Crippen molar-refractivity contribution in [3.05, 3.63) is 35.1 Å². The van der Waals surface area contributed by atoms with Crippen molar-refractivity contribution >= 4 is 17.4 Å². The molecule has 1 N–H and O–H groups in total. The zero-order chi connectivity index (χ0) is 24.0. The van der Waals surface area contributed by atoms with Crippen molar-refractivity contribution in [1.29, 1.82) is 0 Å².